The Morgan fingerprint density at radius 1 is 0.640 bits per heavy atom. The smallest absolute Gasteiger partial charge is 0.0716 e. The maximum atomic E-state index is 4.54. The van der Waals surface area contributed by atoms with Gasteiger partial charge in [0.05, 0.1) is 5.69 Å². The number of hydrogen-bond donors (Lipinski definition) is 0. The fourth-order valence-corrected chi connectivity index (χ4v) is 4.54. The second-order valence-electron chi connectivity index (χ2n) is 6.08. The first kappa shape index (κ1) is 14.4. The van der Waals surface area contributed by atoms with Crippen LogP contribution in [0.4, 0.5) is 0 Å². The summed E-state index contributed by atoms with van der Waals surface area (Å²) in [6.45, 7) is 0. The van der Waals surface area contributed by atoms with E-state index in [1.165, 1.54) is 36.9 Å². The molecule has 0 N–H and O–H groups in total. The number of benzene rings is 3. The molecule has 0 aliphatic heterocycles. The van der Waals surface area contributed by atoms with Crippen LogP contribution in [0.15, 0.2) is 91.1 Å². The molecule has 0 radical (unpaired) electrons. The van der Waals surface area contributed by atoms with Gasteiger partial charge >= 0.3 is 0 Å². The van der Waals surface area contributed by atoms with E-state index in [-0.39, 0.29) is 0 Å². The van der Waals surface area contributed by atoms with Crippen LogP contribution in [0.5, 0.6) is 0 Å². The first-order chi connectivity index (χ1) is 12.4. The highest BCUT2D eigenvalue weighted by Crippen LogP contribution is 2.40. The van der Waals surface area contributed by atoms with Crippen LogP contribution in [-0.4, -0.2) is 4.98 Å². The summed E-state index contributed by atoms with van der Waals surface area (Å²) in [5.74, 6) is 0. The molecule has 0 saturated heterocycles. The highest BCUT2D eigenvalue weighted by molar-refractivity contribution is 7.26. The van der Waals surface area contributed by atoms with Crippen LogP contribution in [0.1, 0.15) is 0 Å². The van der Waals surface area contributed by atoms with E-state index in [0.717, 1.165) is 5.69 Å². The highest BCUT2D eigenvalue weighted by atomic mass is 32.1. The molecule has 118 valence electrons. The van der Waals surface area contributed by atoms with Gasteiger partial charge in [-0.2, -0.15) is 0 Å². The molecule has 0 spiro atoms. The average molecular weight is 337 g/mol. The first-order valence-electron chi connectivity index (χ1n) is 8.32. The fraction of sp³-hybridized carbons (Fsp3) is 0. The van der Waals surface area contributed by atoms with E-state index in [9.17, 15) is 0 Å². The summed E-state index contributed by atoms with van der Waals surface area (Å²) in [6, 6.07) is 29.9. The Kier molecular flexibility index (Phi) is 3.36. The summed E-state index contributed by atoms with van der Waals surface area (Å²) in [6.07, 6.45) is 1.86. The summed E-state index contributed by atoms with van der Waals surface area (Å²) in [5.41, 5.74) is 4.75. The van der Waals surface area contributed by atoms with Gasteiger partial charge in [-0.1, -0.05) is 60.7 Å². The molecule has 0 aliphatic rings. The van der Waals surface area contributed by atoms with Crippen molar-refractivity contribution in [3.05, 3.63) is 91.1 Å². The molecule has 0 amide bonds. The van der Waals surface area contributed by atoms with Gasteiger partial charge in [-0.05, 0) is 35.4 Å². The van der Waals surface area contributed by atoms with E-state index >= 15 is 0 Å². The standard InChI is InChI=1S/C23H15NS/c1-2-7-16(8-3-1)17-12-13-22-20(15-17)18-9-6-10-19(23(18)25-22)21-11-4-5-14-24-21/h1-15H. The lowest BCUT2D eigenvalue weighted by Gasteiger charge is -2.03. The molecule has 2 heteroatoms. The number of thiophene rings is 1. The predicted octanol–water partition coefficient (Wildman–Crippen LogP) is 6.78. The van der Waals surface area contributed by atoms with Crippen molar-refractivity contribution in [3.63, 3.8) is 0 Å². The zero-order valence-corrected chi connectivity index (χ0v) is 14.3. The van der Waals surface area contributed by atoms with Crippen LogP contribution in [0.3, 0.4) is 0 Å². The number of aromatic nitrogens is 1. The van der Waals surface area contributed by atoms with Gasteiger partial charge in [0.1, 0.15) is 0 Å². The van der Waals surface area contributed by atoms with Gasteiger partial charge < -0.3 is 0 Å². The molecule has 0 saturated carbocycles. The Morgan fingerprint density at radius 3 is 2.36 bits per heavy atom. The van der Waals surface area contributed by atoms with Crippen molar-refractivity contribution in [3.8, 4) is 22.4 Å². The lowest BCUT2D eigenvalue weighted by atomic mass is 10.0. The Balaban J connectivity index is 1.77. The molecule has 0 unspecified atom stereocenters. The minimum Gasteiger partial charge on any atom is -0.256 e. The predicted molar refractivity (Wildman–Crippen MR) is 108 cm³/mol. The van der Waals surface area contributed by atoms with Crippen LogP contribution in [0.2, 0.25) is 0 Å². The molecule has 0 atom stereocenters. The molecule has 2 aromatic heterocycles. The van der Waals surface area contributed by atoms with E-state index in [1.54, 1.807) is 0 Å². The summed E-state index contributed by atoms with van der Waals surface area (Å²) in [4.78, 5) is 4.54. The van der Waals surface area contributed by atoms with E-state index in [0.29, 0.717) is 0 Å². The minimum absolute atomic E-state index is 1.03. The van der Waals surface area contributed by atoms with E-state index in [4.69, 9.17) is 0 Å². The van der Waals surface area contributed by atoms with Crippen LogP contribution in [-0.2, 0) is 0 Å². The molecule has 1 nitrogen and oxygen atoms in total. The zero-order valence-electron chi connectivity index (χ0n) is 13.5. The second kappa shape index (κ2) is 5.83. The summed E-state index contributed by atoms with van der Waals surface area (Å²) >= 11 is 1.85. The van der Waals surface area contributed by atoms with E-state index < -0.39 is 0 Å². The van der Waals surface area contributed by atoms with Gasteiger partial charge in [0.25, 0.3) is 0 Å². The topological polar surface area (TPSA) is 12.9 Å². The van der Waals surface area contributed by atoms with Crippen molar-refractivity contribution >= 4 is 31.5 Å². The lowest BCUT2D eigenvalue weighted by molar-refractivity contribution is 1.33. The third-order valence-electron chi connectivity index (χ3n) is 4.54. The van der Waals surface area contributed by atoms with E-state index in [1.807, 2.05) is 29.7 Å². The maximum absolute atomic E-state index is 4.54. The van der Waals surface area contributed by atoms with Crippen LogP contribution < -0.4 is 0 Å². The first-order valence-corrected chi connectivity index (χ1v) is 9.14. The molecule has 0 fully saturated rings. The normalized spacial score (nSPS) is 11.2. The molecule has 0 aliphatic carbocycles. The third-order valence-corrected chi connectivity index (χ3v) is 5.76. The van der Waals surface area contributed by atoms with Crippen LogP contribution in [0.25, 0.3) is 42.6 Å². The number of rotatable bonds is 2. The molecule has 5 rings (SSSR count). The van der Waals surface area contributed by atoms with Crippen LogP contribution >= 0.6 is 11.3 Å². The minimum atomic E-state index is 1.03. The quantitative estimate of drug-likeness (QED) is 0.346. The molecule has 2 heterocycles. The van der Waals surface area contributed by atoms with Gasteiger partial charge in [0.2, 0.25) is 0 Å². The summed E-state index contributed by atoms with van der Waals surface area (Å²) in [5, 5.41) is 2.63. The number of pyridine rings is 1. The van der Waals surface area contributed by atoms with Crippen molar-refractivity contribution in [2.75, 3.05) is 0 Å². The lowest BCUT2D eigenvalue weighted by Crippen LogP contribution is -1.81. The largest absolute Gasteiger partial charge is 0.256 e. The van der Waals surface area contributed by atoms with Gasteiger partial charge in [0.15, 0.2) is 0 Å². The van der Waals surface area contributed by atoms with Gasteiger partial charge in [-0.3, -0.25) is 4.98 Å². The van der Waals surface area contributed by atoms with Gasteiger partial charge in [-0.15, -0.1) is 11.3 Å². The molecule has 0 bridgehead atoms. The number of fused-ring (bicyclic) bond motifs is 3. The van der Waals surface area contributed by atoms with Crippen molar-refractivity contribution in [2.45, 2.75) is 0 Å². The number of nitrogens with zero attached hydrogens (tertiary/aromatic N) is 1. The molecule has 3 aromatic carbocycles. The molecular formula is C23H15NS. The molecular weight excluding hydrogens is 322 g/mol. The van der Waals surface area contributed by atoms with E-state index in [2.05, 4.69) is 77.8 Å². The Hall–Kier alpha value is -2.97. The Labute approximate surface area is 150 Å². The average Bonchev–Trinajstić information content (AvgIpc) is 3.07. The Morgan fingerprint density at radius 2 is 1.52 bits per heavy atom. The van der Waals surface area contributed by atoms with Gasteiger partial charge in [-0.25, -0.2) is 0 Å². The van der Waals surface area contributed by atoms with Crippen molar-refractivity contribution in [1.29, 1.82) is 0 Å². The Bertz CT molecular complexity index is 1170. The maximum Gasteiger partial charge on any atom is 0.0716 e. The molecule has 25 heavy (non-hydrogen) atoms. The number of hydrogen-bond acceptors (Lipinski definition) is 2. The van der Waals surface area contributed by atoms with Crippen molar-refractivity contribution in [2.24, 2.45) is 0 Å². The molecule has 5 aromatic rings. The van der Waals surface area contributed by atoms with Gasteiger partial charge in [0, 0.05) is 31.9 Å². The zero-order chi connectivity index (χ0) is 16.6. The third kappa shape index (κ3) is 2.43. The van der Waals surface area contributed by atoms with Crippen LogP contribution in [0, 0.1) is 0 Å². The fourth-order valence-electron chi connectivity index (χ4n) is 3.33. The second-order valence-corrected chi connectivity index (χ2v) is 7.13. The van der Waals surface area contributed by atoms with Crippen molar-refractivity contribution in [1.82, 2.24) is 4.98 Å². The monoisotopic (exact) mass is 337 g/mol. The summed E-state index contributed by atoms with van der Waals surface area (Å²) in [7, 11) is 0. The summed E-state index contributed by atoms with van der Waals surface area (Å²) < 4.78 is 2.62. The van der Waals surface area contributed by atoms with Crippen molar-refractivity contribution < 1.29 is 0 Å². The highest BCUT2D eigenvalue weighted by Gasteiger charge is 2.11. The SMILES string of the molecule is c1ccc(-c2ccc3sc4c(-c5ccccn5)cccc4c3c2)cc1.